The Bertz CT molecular complexity index is 1190. The van der Waals surface area contributed by atoms with Gasteiger partial charge in [-0.1, -0.05) is 36.4 Å². The number of furan rings is 1. The molecule has 0 radical (unpaired) electrons. The van der Waals surface area contributed by atoms with Crippen molar-refractivity contribution in [2.24, 2.45) is 5.11 Å². The zero-order valence-electron chi connectivity index (χ0n) is 13.3. The van der Waals surface area contributed by atoms with Crippen LogP contribution in [0.5, 0.6) is 0 Å². The first-order valence-electron chi connectivity index (χ1n) is 7.65. The Hall–Kier alpha value is -3.63. The molecule has 2 heterocycles. The average molecular weight is 328 g/mol. The number of rotatable bonds is 2. The first-order valence-corrected chi connectivity index (χ1v) is 7.65. The van der Waals surface area contributed by atoms with E-state index in [4.69, 9.17) is 9.95 Å². The number of hydrogen-bond acceptors (Lipinski definition) is 3. The first-order chi connectivity index (χ1) is 12.2. The molecule has 1 amide bonds. The van der Waals surface area contributed by atoms with Crippen LogP contribution in [0.15, 0.2) is 64.3 Å². The summed E-state index contributed by atoms with van der Waals surface area (Å²) in [6.45, 7) is 1.69. The van der Waals surface area contributed by atoms with E-state index < -0.39 is 5.91 Å². The highest BCUT2D eigenvalue weighted by molar-refractivity contribution is 6.05. The van der Waals surface area contributed by atoms with Gasteiger partial charge in [-0.25, -0.2) is 0 Å². The summed E-state index contributed by atoms with van der Waals surface area (Å²) in [6, 6.07) is 15.6. The number of fused-ring (bicyclic) bond motifs is 3. The molecular formula is C19H12N4O2. The fourth-order valence-corrected chi connectivity index (χ4v) is 2.89. The Morgan fingerprint density at radius 2 is 1.96 bits per heavy atom. The van der Waals surface area contributed by atoms with E-state index in [-0.39, 0.29) is 5.56 Å². The number of hydrogen-bond donors (Lipinski definition) is 0. The van der Waals surface area contributed by atoms with Gasteiger partial charge in [0.15, 0.2) is 0 Å². The summed E-state index contributed by atoms with van der Waals surface area (Å²) < 4.78 is 6.05. The lowest BCUT2D eigenvalue weighted by atomic mass is 10.1. The van der Waals surface area contributed by atoms with E-state index in [1.54, 1.807) is 19.2 Å². The molecule has 0 spiro atoms. The van der Waals surface area contributed by atoms with Crippen molar-refractivity contribution in [2.45, 2.75) is 6.92 Å². The van der Waals surface area contributed by atoms with Crippen LogP contribution in [0.4, 0.5) is 0 Å². The van der Waals surface area contributed by atoms with Crippen molar-refractivity contribution >= 4 is 27.6 Å². The molecule has 4 aromatic rings. The Kier molecular flexibility index (Phi) is 3.45. The average Bonchev–Trinajstić information content (AvgIpc) is 3.07. The van der Waals surface area contributed by atoms with Crippen molar-refractivity contribution in [2.75, 3.05) is 0 Å². The molecule has 120 valence electrons. The van der Waals surface area contributed by atoms with Crippen molar-refractivity contribution < 1.29 is 9.21 Å². The molecule has 0 fully saturated rings. The number of nitrogens with zero attached hydrogens (tertiary/aromatic N) is 4. The zero-order valence-corrected chi connectivity index (χ0v) is 13.3. The largest absolute Gasteiger partial charge is 0.455 e. The molecule has 0 bridgehead atoms. The Morgan fingerprint density at radius 1 is 1.16 bits per heavy atom. The highest BCUT2D eigenvalue weighted by atomic mass is 16.3. The van der Waals surface area contributed by atoms with Crippen LogP contribution in [0.3, 0.4) is 0 Å². The third-order valence-corrected chi connectivity index (χ3v) is 4.15. The molecule has 4 rings (SSSR count). The maximum Gasteiger partial charge on any atom is 0.251 e. The van der Waals surface area contributed by atoms with E-state index in [9.17, 15) is 4.79 Å². The number of carbonyl (C=O) groups is 1. The number of aromatic nitrogens is 1. The smallest absolute Gasteiger partial charge is 0.251 e. The Labute approximate surface area is 142 Å². The van der Waals surface area contributed by atoms with E-state index in [1.165, 1.54) is 0 Å². The molecule has 0 aliphatic heterocycles. The van der Waals surface area contributed by atoms with Gasteiger partial charge >= 0.3 is 0 Å². The molecule has 0 unspecified atom stereocenters. The van der Waals surface area contributed by atoms with Crippen molar-refractivity contribution in [1.29, 1.82) is 0 Å². The van der Waals surface area contributed by atoms with Crippen LogP contribution in [0.1, 0.15) is 16.1 Å². The van der Waals surface area contributed by atoms with Crippen LogP contribution in [-0.2, 0) is 0 Å². The number of benzene rings is 2. The van der Waals surface area contributed by atoms with Crippen molar-refractivity contribution in [3.8, 4) is 11.3 Å². The number of azide groups is 1. The van der Waals surface area contributed by atoms with Crippen LogP contribution in [0.25, 0.3) is 43.5 Å². The van der Waals surface area contributed by atoms with Gasteiger partial charge in [0.2, 0.25) is 0 Å². The number of aryl methyl sites for hydroxylation is 1. The van der Waals surface area contributed by atoms with E-state index in [1.807, 2.05) is 42.5 Å². The maximum atomic E-state index is 11.9. The summed E-state index contributed by atoms with van der Waals surface area (Å²) in [5.41, 5.74) is 10.7. The molecule has 0 saturated heterocycles. The van der Waals surface area contributed by atoms with E-state index in [0.717, 1.165) is 21.7 Å². The molecule has 0 N–H and O–H groups in total. The predicted molar refractivity (Wildman–Crippen MR) is 95.2 cm³/mol. The minimum atomic E-state index is -0.657. The predicted octanol–water partition coefficient (Wildman–Crippen LogP) is 5.41. The van der Waals surface area contributed by atoms with E-state index >= 15 is 0 Å². The number of carbonyl (C=O) groups excluding carboxylic acids is 1. The lowest BCUT2D eigenvalue weighted by Crippen LogP contribution is -1.99. The van der Waals surface area contributed by atoms with Gasteiger partial charge in [-0.2, -0.15) is 0 Å². The molecule has 2 aromatic heterocycles. The normalized spacial score (nSPS) is 10.8. The van der Waals surface area contributed by atoms with Crippen molar-refractivity contribution in [3.63, 3.8) is 0 Å². The lowest BCUT2D eigenvalue weighted by Gasteiger charge is -2.03. The van der Waals surface area contributed by atoms with E-state index in [0.29, 0.717) is 17.0 Å². The van der Waals surface area contributed by atoms with Gasteiger partial charge in [-0.15, -0.1) is 0 Å². The van der Waals surface area contributed by atoms with Gasteiger partial charge in [0.25, 0.3) is 5.91 Å². The quantitative estimate of drug-likeness (QED) is 0.280. The summed E-state index contributed by atoms with van der Waals surface area (Å²) in [7, 11) is 0. The van der Waals surface area contributed by atoms with E-state index in [2.05, 4.69) is 15.0 Å². The fraction of sp³-hybridized carbons (Fsp3) is 0.0526. The third kappa shape index (κ3) is 2.51. The second-order valence-corrected chi connectivity index (χ2v) is 5.67. The minimum Gasteiger partial charge on any atom is -0.455 e. The first kappa shape index (κ1) is 14.9. The second kappa shape index (κ2) is 5.78. The van der Waals surface area contributed by atoms with Gasteiger partial charge in [0.05, 0.1) is 0 Å². The third-order valence-electron chi connectivity index (χ3n) is 4.15. The maximum absolute atomic E-state index is 11.9. The van der Waals surface area contributed by atoms with Crippen LogP contribution < -0.4 is 0 Å². The standard InChI is InChI=1S/C19H12N4O2/c1-11-16(19(24)22-23-20)8-14(10-21-11)17-9-13-7-6-12-4-2-3-5-15(12)18(13)25-17/h2-10H,1H3. The summed E-state index contributed by atoms with van der Waals surface area (Å²) in [6.07, 6.45) is 1.64. The lowest BCUT2D eigenvalue weighted by molar-refractivity contribution is 0.0999. The molecule has 6 nitrogen and oxygen atoms in total. The summed E-state index contributed by atoms with van der Waals surface area (Å²) in [5.74, 6) is -0.0512. The number of amides is 1. The number of pyridine rings is 1. The Balaban J connectivity index is 1.90. The molecular weight excluding hydrogens is 316 g/mol. The van der Waals surface area contributed by atoms with Gasteiger partial charge in [-0.05, 0) is 35.1 Å². The van der Waals surface area contributed by atoms with Gasteiger partial charge in [0, 0.05) is 38.7 Å². The van der Waals surface area contributed by atoms with Gasteiger partial charge in [-0.3, -0.25) is 9.78 Å². The Morgan fingerprint density at radius 3 is 2.80 bits per heavy atom. The topological polar surface area (TPSA) is 91.9 Å². The van der Waals surface area contributed by atoms with Gasteiger partial charge < -0.3 is 4.42 Å². The molecule has 0 aliphatic carbocycles. The highest BCUT2D eigenvalue weighted by Gasteiger charge is 2.14. The van der Waals surface area contributed by atoms with Crippen molar-refractivity contribution in [3.05, 3.63) is 76.4 Å². The van der Waals surface area contributed by atoms with Crippen LogP contribution in [0.2, 0.25) is 0 Å². The summed E-state index contributed by atoms with van der Waals surface area (Å²) in [5, 5.41) is 6.23. The van der Waals surface area contributed by atoms with Crippen molar-refractivity contribution in [1.82, 2.24) is 4.98 Å². The summed E-state index contributed by atoms with van der Waals surface area (Å²) in [4.78, 5) is 18.7. The minimum absolute atomic E-state index is 0.264. The molecule has 0 atom stereocenters. The van der Waals surface area contributed by atoms with Crippen LogP contribution >= 0.6 is 0 Å². The monoisotopic (exact) mass is 328 g/mol. The summed E-state index contributed by atoms with van der Waals surface area (Å²) >= 11 is 0. The molecule has 25 heavy (non-hydrogen) atoms. The van der Waals surface area contributed by atoms with Gasteiger partial charge in [0.1, 0.15) is 11.3 Å². The molecule has 6 heteroatoms. The van der Waals surface area contributed by atoms with Crippen LogP contribution in [0, 0.1) is 6.92 Å². The molecule has 2 aromatic carbocycles. The highest BCUT2D eigenvalue weighted by Crippen LogP contribution is 2.33. The fourth-order valence-electron chi connectivity index (χ4n) is 2.89. The van der Waals surface area contributed by atoms with Crippen LogP contribution in [-0.4, -0.2) is 10.9 Å². The molecule has 0 aliphatic rings. The molecule has 0 saturated carbocycles. The second-order valence-electron chi connectivity index (χ2n) is 5.67. The SMILES string of the molecule is Cc1ncc(-c2cc3ccc4ccccc4c3o2)cc1C(=O)N=[N+]=[N-]. The zero-order chi connectivity index (χ0) is 17.4.